The van der Waals surface area contributed by atoms with Crippen molar-refractivity contribution in [2.45, 2.75) is 26.7 Å². The van der Waals surface area contributed by atoms with Gasteiger partial charge in [-0.15, -0.1) is 0 Å². The van der Waals surface area contributed by atoms with E-state index in [0.717, 1.165) is 5.56 Å². The molecule has 15 heavy (non-hydrogen) atoms. The highest BCUT2D eigenvalue weighted by Crippen LogP contribution is 2.34. The SMILES string of the molecule is CNC(=O)[C@@H](c1ccccc1)C(C)(C)C. The number of carbonyl (C=O) groups is 1. The first-order chi connectivity index (χ1) is 6.96. The Bertz CT molecular complexity index is 324. The normalized spacial score (nSPS) is 13.3. The fourth-order valence-electron chi connectivity index (χ4n) is 1.83. The van der Waals surface area contributed by atoms with Gasteiger partial charge in [0.1, 0.15) is 0 Å². The summed E-state index contributed by atoms with van der Waals surface area (Å²) in [7, 11) is 1.68. The molecule has 0 aromatic heterocycles. The smallest absolute Gasteiger partial charge is 0.227 e. The summed E-state index contributed by atoms with van der Waals surface area (Å²) >= 11 is 0. The van der Waals surface area contributed by atoms with Crippen LogP contribution in [0.4, 0.5) is 0 Å². The molecule has 1 N–H and O–H groups in total. The van der Waals surface area contributed by atoms with Crippen LogP contribution in [0.3, 0.4) is 0 Å². The van der Waals surface area contributed by atoms with Gasteiger partial charge in [0, 0.05) is 7.05 Å². The second kappa shape index (κ2) is 4.47. The molecule has 0 spiro atoms. The summed E-state index contributed by atoms with van der Waals surface area (Å²) in [6, 6.07) is 9.91. The fourth-order valence-corrected chi connectivity index (χ4v) is 1.83. The predicted molar refractivity (Wildman–Crippen MR) is 62.7 cm³/mol. The van der Waals surface area contributed by atoms with Crippen molar-refractivity contribution in [2.75, 3.05) is 7.05 Å². The molecule has 0 aliphatic heterocycles. The standard InChI is InChI=1S/C13H19NO/c1-13(2,3)11(12(15)14-4)10-8-6-5-7-9-10/h5-9,11H,1-4H3,(H,14,15)/t11-/m1/s1. The molecular weight excluding hydrogens is 186 g/mol. The Morgan fingerprint density at radius 1 is 1.20 bits per heavy atom. The van der Waals surface area contributed by atoms with Crippen LogP contribution in [-0.4, -0.2) is 13.0 Å². The largest absolute Gasteiger partial charge is 0.359 e. The Labute approximate surface area is 91.7 Å². The van der Waals surface area contributed by atoms with Crippen molar-refractivity contribution >= 4 is 5.91 Å². The summed E-state index contributed by atoms with van der Waals surface area (Å²) in [6.07, 6.45) is 0. The molecule has 2 nitrogen and oxygen atoms in total. The summed E-state index contributed by atoms with van der Waals surface area (Å²) < 4.78 is 0. The number of nitrogens with one attached hydrogen (secondary N) is 1. The van der Waals surface area contributed by atoms with Crippen LogP contribution in [-0.2, 0) is 4.79 Å². The van der Waals surface area contributed by atoms with E-state index >= 15 is 0 Å². The van der Waals surface area contributed by atoms with Gasteiger partial charge in [0.05, 0.1) is 5.92 Å². The lowest BCUT2D eigenvalue weighted by molar-refractivity contribution is -0.124. The minimum atomic E-state index is -0.0938. The van der Waals surface area contributed by atoms with Crippen molar-refractivity contribution in [3.63, 3.8) is 0 Å². The highest BCUT2D eigenvalue weighted by molar-refractivity contribution is 5.84. The van der Waals surface area contributed by atoms with Gasteiger partial charge in [-0.2, -0.15) is 0 Å². The van der Waals surface area contributed by atoms with Gasteiger partial charge < -0.3 is 5.32 Å². The molecule has 1 amide bonds. The topological polar surface area (TPSA) is 29.1 Å². The molecule has 82 valence electrons. The van der Waals surface area contributed by atoms with E-state index in [1.165, 1.54) is 0 Å². The van der Waals surface area contributed by atoms with Crippen LogP contribution in [0.1, 0.15) is 32.3 Å². The van der Waals surface area contributed by atoms with Gasteiger partial charge in [0.25, 0.3) is 0 Å². The number of hydrogen-bond donors (Lipinski definition) is 1. The summed E-state index contributed by atoms with van der Waals surface area (Å²) in [5, 5.41) is 2.73. The third-order valence-corrected chi connectivity index (χ3v) is 2.51. The zero-order chi connectivity index (χ0) is 11.5. The third kappa shape index (κ3) is 2.82. The van der Waals surface area contributed by atoms with E-state index < -0.39 is 0 Å². The number of benzene rings is 1. The molecule has 1 atom stereocenters. The Morgan fingerprint density at radius 2 is 1.73 bits per heavy atom. The quantitative estimate of drug-likeness (QED) is 0.790. The van der Waals surface area contributed by atoms with E-state index in [-0.39, 0.29) is 17.2 Å². The van der Waals surface area contributed by atoms with Crippen molar-refractivity contribution in [3.8, 4) is 0 Å². The Morgan fingerprint density at radius 3 is 2.13 bits per heavy atom. The Balaban J connectivity index is 3.08. The lowest BCUT2D eigenvalue weighted by Crippen LogP contribution is -2.34. The molecule has 0 saturated heterocycles. The maximum atomic E-state index is 11.8. The van der Waals surface area contributed by atoms with Gasteiger partial charge in [-0.1, -0.05) is 51.1 Å². The van der Waals surface area contributed by atoms with E-state index in [1.54, 1.807) is 7.05 Å². The number of hydrogen-bond acceptors (Lipinski definition) is 1. The van der Waals surface area contributed by atoms with Crippen molar-refractivity contribution in [2.24, 2.45) is 5.41 Å². The Hall–Kier alpha value is -1.31. The first kappa shape index (κ1) is 11.8. The summed E-state index contributed by atoms with van der Waals surface area (Å²) in [4.78, 5) is 11.8. The van der Waals surface area contributed by atoms with Crippen LogP contribution < -0.4 is 5.32 Å². The van der Waals surface area contributed by atoms with Crippen LogP contribution in [0.2, 0.25) is 0 Å². The minimum absolute atomic E-state index is 0.0680. The highest BCUT2D eigenvalue weighted by Gasteiger charge is 2.31. The first-order valence-corrected chi connectivity index (χ1v) is 5.23. The summed E-state index contributed by atoms with van der Waals surface area (Å²) in [5.74, 6) is -0.0163. The molecule has 1 aromatic carbocycles. The minimum Gasteiger partial charge on any atom is -0.359 e. The highest BCUT2D eigenvalue weighted by atomic mass is 16.1. The fraction of sp³-hybridized carbons (Fsp3) is 0.462. The molecule has 0 aliphatic rings. The Kier molecular flexibility index (Phi) is 3.51. The second-order valence-electron chi connectivity index (χ2n) is 4.82. The van der Waals surface area contributed by atoms with Crippen LogP contribution in [0.15, 0.2) is 30.3 Å². The molecule has 0 radical (unpaired) electrons. The van der Waals surface area contributed by atoms with E-state index in [0.29, 0.717) is 0 Å². The van der Waals surface area contributed by atoms with E-state index in [1.807, 2.05) is 30.3 Å². The molecule has 0 fully saturated rings. The van der Waals surface area contributed by atoms with Gasteiger partial charge >= 0.3 is 0 Å². The number of rotatable bonds is 2. The molecule has 0 saturated carbocycles. The van der Waals surface area contributed by atoms with Crippen LogP contribution in [0.5, 0.6) is 0 Å². The van der Waals surface area contributed by atoms with Crippen LogP contribution in [0.25, 0.3) is 0 Å². The van der Waals surface area contributed by atoms with Crippen molar-refractivity contribution in [1.29, 1.82) is 0 Å². The lowest BCUT2D eigenvalue weighted by atomic mass is 9.76. The van der Waals surface area contributed by atoms with Crippen molar-refractivity contribution in [3.05, 3.63) is 35.9 Å². The monoisotopic (exact) mass is 205 g/mol. The zero-order valence-corrected chi connectivity index (χ0v) is 9.87. The lowest BCUT2D eigenvalue weighted by Gasteiger charge is -2.29. The molecule has 1 rings (SSSR count). The number of likely N-dealkylation sites (N-methyl/N-ethyl adjacent to an activating group) is 1. The summed E-state index contributed by atoms with van der Waals surface area (Å²) in [6.45, 7) is 6.25. The van der Waals surface area contributed by atoms with Crippen LogP contribution in [0, 0.1) is 5.41 Å². The molecule has 0 aliphatic carbocycles. The molecule has 0 heterocycles. The first-order valence-electron chi connectivity index (χ1n) is 5.23. The van der Waals surface area contributed by atoms with Gasteiger partial charge in [-0.3, -0.25) is 4.79 Å². The zero-order valence-electron chi connectivity index (χ0n) is 9.87. The molecule has 1 aromatic rings. The molecule has 2 heteroatoms. The second-order valence-corrected chi connectivity index (χ2v) is 4.82. The van der Waals surface area contributed by atoms with Gasteiger partial charge in [0.15, 0.2) is 0 Å². The van der Waals surface area contributed by atoms with Gasteiger partial charge in [0.2, 0.25) is 5.91 Å². The van der Waals surface area contributed by atoms with E-state index in [4.69, 9.17) is 0 Å². The molecule has 0 unspecified atom stereocenters. The third-order valence-electron chi connectivity index (χ3n) is 2.51. The van der Waals surface area contributed by atoms with Crippen molar-refractivity contribution in [1.82, 2.24) is 5.32 Å². The van der Waals surface area contributed by atoms with Crippen LogP contribution >= 0.6 is 0 Å². The van der Waals surface area contributed by atoms with E-state index in [2.05, 4.69) is 26.1 Å². The summed E-state index contributed by atoms with van der Waals surface area (Å²) in [5.41, 5.74) is 1.01. The maximum absolute atomic E-state index is 11.8. The number of carbonyl (C=O) groups excluding carboxylic acids is 1. The molecular formula is C13H19NO. The van der Waals surface area contributed by atoms with Crippen molar-refractivity contribution < 1.29 is 4.79 Å². The average molecular weight is 205 g/mol. The molecule has 0 bridgehead atoms. The predicted octanol–water partition coefficient (Wildman–Crippen LogP) is 2.56. The maximum Gasteiger partial charge on any atom is 0.227 e. The van der Waals surface area contributed by atoms with Gasteiger partial charge in [-0.05, 0) is 11.0 Å². The van der Waals surface area contributed by atoms with E-state index in [9.17, 15) is 4.79 Å². The van der Waals surface area contributed by atoms with Gasteiger partial charge in [-0.25, -0.2) is 0 Å². The average Bonchev–Trinajstić information content (AvgIpc) is 2.17. The number of amides is 1.